The van der Waals surface area contributed by atoms with Crippen molar-refractivity contribution in [3.05, 3.63) is 47.9 Å². The van der Waals surface area contributed by atoms with E-state index in [0.717, 1.165) is 16.7 Å². The molecule has 1 saturated heterocycles. The first-order valence-corrected chi connectivity index (χ1v) is 11.2. The van der Waals surface area contributed by atoms with Gasteiger partial charge in [-0.25, -0.2) is 13.4 Å². The van der Waals surface area contributed by atoms with Gasteiger partial charge >= 0.3 is 0 Å². The van der Waals surface area contributed by atoms with Crippen molar-refractivity contribution in [2.45, 2.75) is 18.4 Å². The zero-order valence-corrected chi connectivity index (χ0v) is 18.1. The fourth-order valence-corrected chi connectivity index (χ4v) is 5.04. The Labute approximate surface area is 176 Å². The monoisotopic (exact) mass is 431 g/mol. The normalized spacial score (nSPS) is 16.1. The molecule has 0 N–H and O–H groups in total. The van der Waals surface area contributed by atoms with Crippen molar-refractivity contribution in [1.82, 2.24) is 14.2 Å². The van der Waals surface area contributed by atoms with Gasteiger partial charge in [-0.3, -0.25) is 4.90 Å². The number of aryl methyl sites for hydroxylation is 1. The average Bonchev–Trinajstić information content (AvgIpc) is 3.14. The zero-order valence-electron chi connectivity index (χ0n) is 17.3. The lowest BCUT2D eigenvalue weighted by molar-refractivity contribution is 0.169. The number of oxazole rings is 1. The van der Waals surface area contributed by atoms with Gasteiger partial charge in [-0.05, 0) is 36.8 Å². The fourth-order valence-electron chi connectivity index (χ4n) is 3.60. The Balaban J connectivity index is 1.43. The summed E-state index contributed by atoms with van der Waals surface area (Å²) < 4.78 is 43.9. The molecule has 0 aliphatic carbocycles. The van der Waals surface area contributed by atoms with E-state index in [0.29, 0.717) is 50.1 Å². The summed E-state index contributed by atoms with van der Waals surface area (Å²) in [5, 5.41) is 0. The molecule has 2 heterocycles. The molecule has 1 aliphatic heterocycles. The van der Waals surface area contributed by atoms with Gasteiger partial charge in [-0.2, -0.15) is 4.31 Å². The molecule has 8 nitrogen and oxygen atoms in total. The molecule has 3 aromatic rings. The largest absolute Gasteiger partial charge is 0.493 e. The molecule has 0 bridgehead atoms. The van der Waals surface area contributed by atoms with Crippen molar-refractivity contribution in [1.29, 1.82) is 0 Å². The van der Waals surface area contributed by atoms with E-state index in [1.165, 1.54) is 24.6 Å². The molecular weight excluding hydrogens is 406 g/mol. The highest BCUT2D eigenvalue weighted by molar-refractivity contribution is 7.89. The van der Waals surface area contributed by atoms with E-state index in [9.17, 15) is 8.42 Å². The summed E-state index contributed by atoms with van der Waals surface area (Å²) in [6.07, 6.45) is 0. The van der Waals surface area contributed by atoms with E-state index in [4.69, 9.17) is 13.9 Å². The molecule has 4 rings (SSSR count). The van der Waals surface area contributed by atoms with E-state index >= 15 is 0 Å². The molecule has 0 saturated carbocycles. The minimum atomic E-state index is -3.61. The molecule has 1 aliphatic rings. The van der Waals surface area contributed by atoms with Crippen LogP contribution in [0.3, 0.4) is 0 Å². The summed E-state index contributed by atoms with van der Waals surface area (Å²) in [5.74, 6) is 1.53. The Hall–Kier alpha value is -2.62. The number of benzene rings is 2. The fraction of sp³-hybridized carbons (Fsp3) is 0.381. The summed E-state index contributed by atoms with van der Waals surface area (Å²) in [5.41, 5.74) is 2.75. The highest BCUT2D eigenvalue weighted by Crippen LogP contribution is 2.31. The van der Waals surface area contributed by atoms with Crippen LogP contribution in [0.5, 0.6) is 11.5 Å². The summed E-state index contributed by atoms with van der Waals surface area (Å²) in [7, 11) is -0.605. The lowest BCUT2D eigenvalue weighted by atomic mass is 10.2. The predicted octanol–water partition coefficient (Wildman–Crippen LogP) is 2.66. The smallest absolute Gasteiger partial charge is 0.243 e. The first-order chi connectivity index (χ1) is 14.4. The number of fused-ring (bicyclic) bond motifs is 1. The van der Waals surface area contributed by atoms with Crippen molar-refractivity contribution in [3.8, 4) is 11.5 Å². The second-order valence-corrected chi connectivity index (χ2v) is 9.21. The third kappa shape index (κ3) is 4.00. The average molecular weight is 432 g/mol. The molecular formula is C21H25N3O5S. The second kappa shape index (κ2) is 8.25. The van der Waals surface area contributed by atoms with Crippen molar-refractivity contribution in [2.24, 2.45) is 0 Å². The summed E-state index contributed by atoms with van der Waals surface area (Å²) in [6, 6.07) is 10.6. The summed E-state index contributed by atoms with van der Waals surface area (Å²) >= 11 is 0. The van der Waals surface area contributed by atoms with Gasteiger partial charge < -0.3 is 13.9 Å². The number of aromatic nitrogens is 1. The van der Waals surface area contributed by atoms with Crippen molar-refractivity contribution < 1.29 is 22.3 Å². The van der Waals surface area contributed by atoms with Crippen LogP contribution >= 0.6 is 0 Å². The van der Waals surface area contributed by atoms with Crippen LogP contribution in [0.4, 0.5) is 0 Å². The van der Waals surface area contributed by atoms with Gasteiger partial charge in [0.2, 0.25) is 15.9 Å². The van der Waals surface area contributed by atoms with E-state index in [1.54, 1.807) is 12.1 Å². The highest BCUT2D eigenvalue weighted by Gasteiger charge is 2.29. The summed E-state index contributed by atoms with van der Waals surface area (Å²) in [6.45, 7) is 4.57. The van der Waals surface area contributed by atoms with Gasteiger partial charge in [0, 0.05) is 32.2 Å². The molecule has 1 fully saturated rings. The summed E-state index contributed by atoms with van der Waals surface area (Å²) in [4.78, 5) is 6.90. The second-order valence-electron chi connectivity index (χ2n) is 7.28. The molecule has 160 valence electrons. The highest BCUT2D eigenvalue weighted by atomic mass is 32.2. The molecule has 1 aromatic heterocycles. The van der Waals surface area contributed by atoms with Crippen LogP contribution in [0.1, 0.15) is 11.5 Å². The van der Waals surface area contributed by atoms with Crippen molar-refractivity contribution in [2.75, 3.05) is 40.4 Å². The molecule has 0 amide bonds. The number of piperazine rings is 1. The van der Waals surface area contributed by atoms with Gasteiger partial charge in [-0.1, -0.05) is 6.07 Å². The number of hydrogen-bond acceptors (Lipinski definition) is 7. The number of sulfonamides is 1. The van der Waals surface area contributed by atoms with Crippen LogP contribution in [0.2, 0.25) is 0 Å². The van der Waals surface area contributed by atoms with Crippen molar-refractivity contribution in [3.63, 3.8) is 0 Å². The maximum absolute atomic E-state index is 13.0. The van der Waals surface area contributed by atoms with E-state index in [2.05, 4.69) is 9.88 Å². The quantitative estimate of drug-likeness (QED) is 0.593. The minimum absolute atomic E-state index is 0.197. The maximum Gasteiger partial charge on any atom is 0.243 e. The molecule has 9 heteroatoms. The van der Waals surface area contributed by atoms with Crippen LogP contribution in [0, 0.1) is 6.92 Å². The lowest BCUT2D eigenvalue weighted by Crippen LogP contribution is -2.48. The molecule has 2 aromatic carbocycles. The number of methoxy groups -OCH3 is 2. The Morgan fingerprint density at radius 3 is 2.43 bits per heavy atom. The SMILES string of the molecule is COc1ccc(S(=O)(=O)N2CCN(Cc3nc4cc(C)ccc4o3)CC2)cc1OC. The third-order valence-corrected chi connectivity index (χ3v) is 7.16. The standard InChI is InChI=1S/C21H25N3O5S/c1-15-4-6-18-17(12-15)22-21(29-18)14-23-8-10-24(11-9-23)30(25,26)16-5-7-19(27-2)20(13-16)28-3/h4-7,12-13H,8-11,14H2,1-3H3. The first-order valence-electron chi connectivity index (χ1n) is 9.71. The Morgan fingerprint density at radius 1 is 1.00 bits per heavy atom. The van der Waals surface area contributed by atoms with Gasteiger partial charge in [0.15, 0.2) is 17.1 Å². The molecule has 0 radical (unpaired) electrons. The first kappa shape index (κ1) is 20.6. The third-order valence-electron chi connectivity index (χ3n) is 5.27. The van der Waals surface area contributed by atoms with Crippen LogP contribution in [-0.2, 0) is 16.6 Å². The van der Waals surface area contributed by atoms with Crippen LogP contribution in [0.25, 0.3) is 11.1 Å². The van der Waals surface area contributed by atoms with E-state index < -0.39 is 10.0 Å². The topological polar surface area (TPSA) is 85.1 Å². The molecule has 0 atom stereocenters. The Morgan fingerprint density at radius 2 is 1.73 bits per heavy atom. The van der Waals surface area contributed by atoms with Gasteiger partial charge in [0.25, 0.3) is 0 Å². The van der Waals surface area contributed by atoms with E-state index in [1.807, 2.05) is 25.1 Å². The zero-order chi connectivity index (χ0) is 21.3. The van der Waals surface area contributed by atoms with Crippen molar-refractivity contribution >= 4 is 21.1 Å². The van der Waals surface area contributed by atoms with Crippen LogP contribution in [0.15, 0.2) is 45.7 Å². The molecule has 0 spiro atoms. The number of hydrogen-bond donors (Lipinski definition) is 0. The Kier molecular flexibility index (Phi) is 5.68. The van der Waals surface area contributed by atoms with E-state index in [-0.39, 0.29) is 4.90 Å². The Bertz CT molecular complexity index is 1150. The number of ether oxygens (including phenoxy) is 2. The number of nitrogens with zero attached hydrogens (tertiary/aromatic N) is 3. The van der Waals surface area contributed by atoms with Crippen LogP contribution < -0.4 is 9.47 Å². The van der Waals surface area contributed by atoms with Gasteiger partial charge in [0.1, 0.15) is 5.52 Å². The molecule has 30 heavy (non-hydrogen) atoms. The van der Waals surface area contributed by atoms with Gasteiger partial charge in [-0.15, -0.1) is 0 Å². The number of rotatable bonds is 6. The lowest BCUT2D eigenvalue weighted by Gasteiger charge is -2.33. The maximum atomic E-state index is 13.0. The van der Waals surface area contributed by atoms with Gasteiger partial charge in [0.05, 0.1) is 25.7 Å². The molecule has 0 unspecified atom stereocenters. The predicted molar refractivity (Wildman–Crippen MR) is 112 cm³/mol. The minimum Gasteiger partial charge on any atom is -0.493 e. The van der Waals surface area contributed by atoms with Crippen LogP contribution in [-0.4, -0.2) is 63.0 Å².